The summed E-state index contributed by atoms with van der Waals surface area (Å²) in [6, 6.07) is 8.05. The third kappa shape index (κ3) is 2.48. The van der Waals surface area contributed by atoms with Crippen LogP contribution < -0.4 is 11.1 Å². The molecule has 1 atom stereocenters. The lowest BCUT2D eigenvalue weighted by atomic mass is 10.1. The van der Waals surface area contributed by atoms with Crippen molar-refractivity contribution in [3.8, 4) is 0 Å². The molecule has 0 aliphatic heterocycles. The maximum Gasteiger partial charge on any atom is 0.228 e. The number of fused-ring (bicyclic) bond motifs is 1. The molecule has 1 unspecified atom stereocenters. The summed E-state index contributed by atoms with van der Waals surface area (Å²) in [7, 11) is 0. The van der Waals surface area contributed by atoms with Gasteiger partial charge in [-0.15, -0.1) is 11.3 Å². The number of benzene rings is 1. The Bertz CT molecular complexity index is 517. The number of nitrogens with two attached hydrogens (primary N) is 1. The Morgan fingerprint density at radius 1 is 1.47 bits per heavy atom. The van der Waals surface area contributed by atoms with E-state index in [0.29, 0.717) is 6.54 Å². The van der Waals surface area contributed by atoms with Crippen LogP contribution in [0, 0.1) is 5.92 Å². The maximum atomic E-state index is 11.9. The van der Waals surface area contributed by atoms with Crippen LogP contribution in [0.4, 0.5) is 5.69 Å². The predicted molar refractivity (Wildman–Crippen MR) is 73.3 cm³/mol. The minimum atomic E-state index is -0.103. The van der Waals surface area contributed by atoms with Crippen LogP contribution in [-0.4, -0.2) is 12.5 Å². The fourth-order valence-electron chi connectivity index (χ4n) is 1.77. The van der Waals surface area contributed by atoms with Crippen molar-refractivity contribution in [1.82, 2.24) is 0 Å². The number of hydrogen-bond donors (Lipinski definition) is 2. The second-order valence-electron chi connectivity index (χ2n) is 3.98. The van der Waals surface area contributed by atoms with Gasteiger partial charge in [0.05, 0.1) is 11.6 Å². The second-order valence-corrected chi connectivity index (χ2v) is 4.89. The van der Waals surface area contributed by atoms with Gasteiger partial charge in [-0.2, -0.15) is 0 Å². The third-order valence-corrected chi connectivity index (χ3v) is 3.85. The summed E-state index contributed by atoms with van der Waals surface area (Å²) in [6.07, 6.45) is 0.768. The van der Waals surface area contributed by atoms with Crippen molar-refractivity contribution in [2.75, 3.05) is 11.9 Å². The van der Waals surface area contributed by atoms with Crippen LogP contribution in [0.5, 0.6) is 0 Å². The summed E-state index contributed by atoms with van der Waals surface area (Å²) >= 11 is 1.64. The molecule has 3 nitrogen and oxygen atoms in total. The lowest BCUT2D eigenvalue weighted by molar-refractivity contribution is -0.119. The van der Waals surface area contributed by atoms with Crippen molar-refractivity contribution in [2.24, 2.45) is 11.7 Å². The van der Waals surface area contributed by atoms with E-state index in [9.17, 15) is 4.79 Å². The monoisotopic (exact) mass is 248 g/mol. The van der Waals surface area contributed by atoms with Gasteiger partial charge in [-0.05, 0) is 12.5 Å². The molecule has 90 valence electrons. The number of nitrogens with one attached hydrogen (secondary N) is 1. The molecule has 1 heterocycles. The quantitative estimate of drug-likeness (QED) is 0.874. The van der Waals surface area contributed by atoms with E-state index in [4.69, 9.17) is 5.73 Å². The molecule has 3 N–H and O–H groups in total. The minimum absolute atomic E-state index is 0.0125. The van der Waals surface area contributed by atoms with E-state index < -0.39 is 0 Å². The highest BCUT2D eigenvalue weighted by atomic mass is 32.1. The van der Waals surface area contributed by atoms with Crippen LogP contribution in [0.15, 0.2) is 29.6 Å². The number of anilines is 1. The second kappa shape index (κ2) is 5.29. The minimum Gasteiger partial charge on any atom is -0.330 e. The zero-order valence-corrected chi connectivity index (χ0v) is 10.6. The van der Waals surface area contributed by atoms with E-state index in [2.05, 4.69) is 11.4 Å². The smallest absolute Gasteiger partial charge is 0.228 e. The topological polar surface area (TPSA) is 55.1 Å². The van der Waals surface area contributed by atoms with Crippen molar-refractivity contribution >= 4 is 33.0 Å². The SMILES string of the molecule is CCC(CN)C(=O)Nc1csc2ccccc12. The van der Waals surface area contributed by atoms with Gasteiger partial charge in [0.1, 0.15) is 0 Å². The van der Waals surface area contributed by atoms with E-state index in [1.807, 2.05) is 30.5 Å². The van der Waals surface area contributed by atoms with E-state index in [1.165, 1.54) is 4.70 Å². The summed E-state index contributed by atoms with van der Waals surface area (Å²) in [5.41, 5.74) is 6.46. The Balaban J connectivity index is 2.21. The predicted octanol–water partition coefficient (Wildman–Crippen LogP) is 2.82. The first-order valence-electron chi connectivity index (χ1n) is 5.73. The first kappa shape index (κ1) is 12.1. The van der Waals surface area contributed by atoms with E-state index in [1.54, 1.807) is 11.3 Å². The van der Waals surface area contributed by atoms with E-state index in [-0.39, 0.29) is 11.8 Å². The number of carbonyl (C=O) groups is 1. The molecule has 0 aliphatic rings. The van der Waals surface area contributed by atoms with Gasteiger partial charge < -0.3 is 11.1 Å². The third-order valence-electron chi connectivity index (χ3n) is 2.89. The highest BCUT2D eigenvalue weighted by Crippen LogP contribution is 2.30. The zero-order valence-electron chi connectivity index (χ0n) is 9.77. The van der Waals surface area contributed by atoms with Crippen LogP contribution in [0.3, 0.4) is 0 Å². The molecule has 0 fully saturated rings. The number of rotatable bonds is 4. The zero-order chi connectivity index (χ0) is 12.3. The standard InChI is InChI=1S/C13H16N2OS/c1-2-9(7-14)13(16)15-11-8-17-12-6-4-3-5-10(11)12/h3-6,8-9H,2,7,14H2,1H3,(H,15,16). The van der Waals surface area contributed by atoms with Crippen LogP contribution in [0.25, 0.3) is 10.1 Å². The molecule has 0 spiro atoms. The first-order chi connectivity index (χ1) is 8.26. The first-order valence-corrected chi connectivity index (χ1v) is 6.61. The highest BCUT2D eigenvalue weighted by Gasteiger charge is 2.15. The van der Waals surface area contributed by atoms with Gasteiger partial charge in [0, 0.05) is 22.0 Å². The van der Waals surface area contributed by atoms with Crippen LogP contribution in [0.2, 0.25) is 0 Å². The Hall–Kier alpha value is -1.39. The number of carbonyl (C=O) groups excluding carboxylic acids is 1. The van der Waals surface area contributed by atoms with E-state index >= 15 is 0 Å². The largest absolute Gasteiger partial charge is 0.330 e. The average Bonchev–Trinajstić information content (AvgIpc) is 2.74. The highest BCUT2D eigenvalue weighted by molar-refractivity contribution is 7.17. The molecule has 0 bridgehead atoms. The lowest BCUT2D eigenvalue weighted by Gasteiger charge is -2.11. The molecule has 17 heavy (non-hydrogen) atoms. The fourth-order valence-corrected chi connectivity index (χ4v) is 2.66. The van der Waals surface area contributed by atoms with Gasteiger partial charge in [0.15, 0.2) is 0 Å². The summed E-state index contributed by atoms with van der Waals surface area (Å²) in [5, 5.41) is 6.03. The maximum absolute atomic E-state index is 11.9. The summed E-state index contributed by atoms with van der Waals surface area (Å²) < 4.78 is 1.18. The van der Waals surface area contributed by atoms with Crippen molar-refractivity contribution in [1.29, 1.82) is 0 Å². The average molecular weight is 248 g/mol. The Morgan fingerprint density at radius 2 is 2.24 bits per heavy atom. The normalized spacial score (nSPS) is 12.6. The van der Waals surface area contributed by atoms with Crippen LogP contribution >= 0.6 is 11.3 Å². The van der Waals surface area contributed by atoms with Crippen molar-refractivity contribution in [3.63, 3.8) is 0 Å². The molecular formula is C13H16N2OS. The lowest BCUT2D eigenvalue weighted by Crippen LogP contribution is -2.28. The van der Waals surface area contributed by atoms with Gasteiger partial charge in [-0.25, -0.2) is 0 Å². The summed E-state index contributed by atoms with van der Waals surface area (Å²) in [5.74, 6) is -0.0905. The van der Waals surface area contributed by atoms with Crippen molar-refractivity contribution in [2.45, 2.75) is 13.3 Å². The molecule has 1 aromatic carbocycles. The molecule has 2 rings (SSSR count). The van der Waals surface area contributed by atoms with Gasteiger partial charge in [0.2, 0.25) is 5.91 Å². The van der Waals surface area contributed by atoms with Crippen molar-refractivity contribution in [3.05, 3.63) is 29.6 Å². The Kier molecular flexibility index (Phi) is 3.76. The molecule has 0 aliphatic carbocycles. The molecule has 1 aromatic heterocycles. The Labute approximate surface area is 105 Å². The molecule has 1 amide bonds. The molecule has 0 saturated carbocycles. The van der Waals surface area contributed by atoms with Gasteiger partial charge in [0.25, 0.3) is 0 Å². The van der Waals surface area contributed by atoms with Crippen LogP contribution in [-0.2, 0) is 4.79 Å². The molecule has 2 aromatic rings. The fraction of sp³-hybridized carbons (Fsp3) is 0.308. The molecular weight excluding hydrogens is 232 g/mol. The number of hydrogen-bond acceptors (Lipinski definition) is 3. The van der Waals surface area contributed by atoms with Crippen LogP contribution in [0.1, 0.15) is 13.3 Å². The summed E-state index contributed by atoms with van der Waals surface area (Å²) in [6.45, 7) is 2.37. The molecule has 4 heteroatoms. The van der Waals surface area contributed by atoms with Gasteiger partial charge in [-0.1, -0.05) is 25.1 Å². The van der Waals surface area contributed by atoms with Crippen molar-refractivity contribution < 1.29 is 4.79 Å². The number of amides is 1. The Morgan fingerprint density at radius 3 is 2.94 bits per heavy atom. The number of thiophene rings is 1. The van der Waals surface area contributed by atoms with E-state index in [0.717, 1.165) is 17.5 Å². The summed E-state index contributed by atoms with van der Waals surface area (Å²) in [4.78, 5) is 11.9. The van der Waals surface area contributed by atoms with Gasteiger partial charge >= 0.3 is 0 Å². The molecule has 0 radical (unpaired) electrons. The molecule has 0 saturated heterocycles. The van der Waals surface area contributed by atoms with Gasteiger partial charge in [-0.3, -0.25) is 4.79 Å².